The van der Waals surface area contributed by atoms with Crippen molar-refractivity contribution < 1.29 is 5.11 Å². The number of rotatable bonds is 2. The smallest absolute Gasteiger partial charge is 0.115 e. The summed E-state index contributed by atoms with van der Waals surface area (Å²) in [5.74, 6) is 0.289. The predicted molar refractivity (Wildman–Crippen MR) is 66.7 cm³/mol. The molecule has 2 nitrogen and oxygen atoms in total. The summed E-state index contributed by atoms with van der Waals surface area (Å²) in [4.78, 5) is 2.15. The highest BCUT2D eigenvalue weighted by Crippen LogP contribution is 2.27. The highest BCUT2D eigenvalue weighted by molar-refractivity contribution is 5.69. The van der Waals surface area contributed by atoms with Gasteiger partial charge in [-0.3, -0.25) is 0 Å². The van der Waals surface area contributed by atoms with Crippen molar-refractivity contribution in [2.45, 2.75) is 6.92 Å². The third-order valence-electron chi connectivity index (χ3n) is 2.66. The third-order valence-corrected chi connectivity index (χ3v) is 2.66. The summed E-state index contributed by atoms with van der Waals surface area (Å²) in [5, 5.41) is 9.27. The highest BCUT2D eigenvalue weighted by Gasteiger charge is 2.13. The Balaban J connectivity index is 2.39. The summed E-state index contributed by atoms with van der Waals surface area (Å²) < 4.78 is 0. The summed E-state index contributed by atoms with van der Waals surface area (Å²) in [7, 11) is 0. The SMILES string of the molecule is C=C1C=CC=C(c2ccc(O)cc2)N1CC. The zero-order chi connectivity index (χ0) is 11.5. The molecule has 1 N–H and O–H groups in total. The van der Waals surface area contributed by atoms with Crippen LogP contribution in [0.15, 0.2) is 54.8 Å². The Morgan fingerprint density at radius 3 is 2.56 bits per heavy atom. The van der Waals surface area contributed by atoms with Gasteiger partial charge in [0, 0.05) is 17.9 Å². The van der Waals surface area contributed by atoms with Crippen molar-refractivity contribution in [3.8, 4) is 5.75 Å². The molecule has 1 aromatic carbocycles. The molecule has 1 aromatic rings. The number of allylic oxidation sites excluding steroid dienone is 3. The molecule has 0 unspecified atom stereocenters. The average Bonchev–Trinajstić information content (AvgIpc) is 2.30. The lowest BCUT2D eigenvalue weighted by atomic mass is 10.1. The lowest BCUT2D eigenvalue weighted by Gasteiger charge is -2.28. The number of hydrogen-bond donors (Lipinski definition) is 1. The topological polar surface area (TPSA) is 23.5 Å². The van der Waals surface area contributed by atoms with Gasteiger partial charge in [-0.15, -0.1) is 0 Å². The molecule has 2 heteroatoms. The van der Waals surface area contributed by atoms with Gasteiger partial charge < -0.3 is 10.0 Å². The lowest BCUT2D eigenvalue weighted by Crippen LogP contribution is -2.21. The first-order valence-electron chi connectivity index (χ1n) is 5.36. The average molecular weight is 213 g/mol. The van der Waals surface area contributed by atoms with Crippen molar-refractivity contribution in [2.75, 3.05) is 6.54 Å². The van der Waals surface area contributed by atoms with E-state index in [4.69, 9.17) is 0 Å². The Morgan fingerprint density at radius 2 is 1.94 bits per heavy atom. The molecule has 0 spiro atoms. The Labute approximate surface area is 95.8 Å². The van der Waals surface area contributed by atoms with E-state index in [0.717, 1.165) is 23.5 Å². The molecule has 0 aliphatic carbocycles. The predicted octanol–water partition coefficient (Wildman–Crippen LogP) is 3.14. The van der Waals surface area contributed by atoms with Crippen LogP contribution in [0, 0.1) is 0 Å². The summed E-state index contributed by atoms with van der Waals surface area (Å²) in [6, 6.07) is 7.22. The fraction of sp³-hybridized carbons (Fsp3) is 0.143. The first kappa shape index (κ1) is 10.6. The van der Waals surface area contributed by atoms with Gasteiger partial charge in [0.2, 0.25) is 0 Å². The van der Waals surface area contributed by atoms with Crippen LogP contribution in [-0.2, 0) is 0 Å². The highest BCUT2D eigenvalue weighted by atomic mass is 16.3. The molecular formula is C14H15NO. The van der Waals surface area contributed by atoms with Crippen molar-refractivity contribution >= 4 is 5.70 Å². The van der Waals surface area contributed by atoms with Gasteiger partial charge in [-0.1, -0.05) is 12.7 Å². The molecule has 2 rings (SSSR count). The quantitative estimate of drug-likeness (QED) is 0.815. The first-order valence-corrected chi connectivity index (χ1v) is 5.36. The molecule has 0 amide bonds. The molecule has 0 atom stereocenters. The fourth-order valence-corrected chi connectivity index (χ4v) is 1.84. The van der Waals surface area contributed by atoms with Crippen molar-refractivity contribution in [1.29, 1.82) is 0 Å². The van der Waals surface area contributed by atoms with Crippen molar-refractivity contribution in [2.24, 2.45) is 0 Å². The van der Waals surface area contributed by atoms with Crippen LogP contribution in [-0.4, -0.2) is 16.6 Å². The molecule has 0 fully saturated rings. The van der Waals surface area contributed by atoms with Gasteiger partial charge in [-0.05, 0) is 48.9 Å². The second-order valence-corrected chi connectivity index (χ2v) is 3.69. The zero-order valence-electron chi connectivity index (χ0n) is 9.35. The number of phenols is 1. The second kappa shape index (κ2) is 4.27. The molecule has 16 heavy (non-hydrogen) atoms. The van der Waals surface area contributed by atoms with Crippen LogP contribution in [0.3, 0.4) is 0 Å². The Bertz CT molecular complexity index is 454. The van der Waals surface area contributed by atoms with Gasteiger partial charge in [-0.25, -0.2) is 0 Å². The minimum atomic E-state index is 0.289. The maximum Gasteiger partial charge on any atom is 0.115 e. The molecule has 0 saturated carbocycles. The molecule has 82 valence electrons. The number of nitrogens with zero attached hydrogens (tertiary/aromatic N) is 1. The number of benzene rings is 1. The maximum atomic E-state index is 9.27. The summed E-state index contributed by atoms with van der Waals surface area (Å²) in [6.45, 7) is 6.99. The molecule has 1 aliphatic heterocycles. The van der Waals surface area contributed by atoms with Crippen LogP contribution in [0.5, 0.6) is 5.75 Å². The van der Waals surface area contributed by atoms with E-state index in [1.165, 1.54) is 0 Å². The molecular weight excluding hydrogens is 198 g/mol. The lowest BCUT2D eigenvalue weighted by molar-refractivity contribution is 0.475. The van der Waals surface area contributed by atoms with Crippen molar-refractivity contribution in [3.63, 3.8) is 0 Å². The minimum absolute atomic E-state index is 0.289. The van der Waals surface area contributed by atoms with E-state index in [0.29, 0.717) is 0 Å². The van der Waals surface area contributed by atoms with Gasteiger partial charge >= 0.3 is 0 Å². The second-order valence-electron chi connectivity index (χ2n) is 3.69. The summed E-state index contributed by atoms with van der Waals surface area (Å²) >= 11 is 0. The third kappa shape index (κ3) is 1.87. The van der Waals surface area contributed by atoms with E-state index in [2.05, 4.69) is 24.5 Å². The van der Waals surface area contributed by atoms with Crippen LogP contribution in [0.1, 0.15) is 12.5 Å². The van der Waals surface area contributed by atoms with Crippen LogP contribution in [0.2, 0.25) is 0 Å². The van der Waals surface area contributed by atoms with Crippen LogP contribution in [0.25, 0.3) is 5.70 Å². The first-order chi connectivity index (χ1) is 7.72. The van der Waals surface area contributed by atoms with Crippen LogP contribution < -0.4 is 0 Å². The van der Waals surface area contributed by atoms with E-state index >= 15 is 0 Å². The van der Waals surface area contributed by atoms with Crippen molar-refractivity contribution in [3.05, 3.63) is 60.3 Å². The molecule has 0 aromatic heterocycles. The van der Waals surface area contributed by atoms with Gasteiger partial charge in [0.15, 0.2) is 0 Å². The maximum absolute atomic E-state index is 9.27. The van der Waals surface area contributed by atoms with Crippen molar-refractivity contribution in [1.82, 2.24) is 4.90 Å². The molecule has 0 bridgehead atoms. The largest absolute Gasteiger partial charge is 0.508 e. The summed E-state index contributed by atoms with van der Waals surface area (Å²) in [5.41, 5.74) is 3.20. The molecule has 0 saturated heterocycles. The van der Waals surface area contributed by atoms with Gasteiger partial charge in [0.1, 0.15) is 5.75 Å². The van der Waals surface area contributed by atoms with Gasteiger partial charge in [0.25, 0.3) is 0 Å². The van der Waals surface area contributed by atoms with Crippen LogP contribution >= 0.6 is 0 Å². The Morgan fingerprint density at radius 1 is 1.25 bits per heavy atom. The molecule has 1 aliphatic rings. The monoisotopic (exact) mass is 213 g/mol. The van der Waals surface area contributed by atoms with E-state index in [-0.39, 0.29) is 5.75 Å². The Kier molecular flexibility index (Phi) is 2.82. The Hall–Kier alpha value is -1.96. The van der Waals surface area contributed by atoms with E-state index < -0.39 is 0 Å². The van der Waals surface area contributed by atoms with E-state index in [9.17, 15) is 5.11 Å². The van der Waals surface area contributed by atoms with Gasteiger partial charge in [-0.2, -0.15) is 0 Å². The zero-order valence-corrected chi connectivity index (χ0v) is 9.35. The minimum Gasteiger partial charge on any atom is -0.508 e. The number of hydrogen-bond acceptors (Lipinski definition) is 2. The standard InChI is InChI=1S/C14H15NO/c1-3-15-11(2)5-4-6-14(15)12-7-9-13(16)10-8-12/h4-10,16H,2-3H2,1H3. The number of likely N-dealkylation sites (N-methyl/N-ethyl adjacent to an activating group) is 1. The number of phenolic OH excluding ortho intramolecular Hbond substituents is 1. The van der Waals surface area contributed by atoms with Crippen LogP contribution in [0.4, 0.5) is 0 Å². The van der Waals surface area contributed by atoms with Gasteiger partial charge in [0.05, 0.1) is 0 Å². The fourth-order valence-electron chi connectivity index (χ4n) is 1.84. The van der Waals surface area contributed by atoms with E-state index in [1.807, 2.05) is 24.3 Å². The van der Waals surface area contributed by atoms with E-state index in [1.54, 1.807) is 12.1 Å². The molecule has 1 heterocycles. The normalized spacial score (nSPS) is 15.2. The number of aromatic hydroxyl groups is 1. The summed E-state index contributed by atoms with van der Waals surface area (Å²) in [6.07, 6.45) is 6.05. The molecule has 0 radical (unpaired) electrons.